The van der Waals surface area contributed by atoms with Gasteiger partial charge in [-0.1, -0.05) is 28.1 Å². The van der Waals surface area contributed by atoms with Crippen molar-refractivity contribution in [2.24, 2.45) is 0 Å². The molecule has 2 aliphatic rings. The van der Waals surface area contributed by atoms with E-state index in [9.17, 15) is 0 Å². The summed E-state index contributed by atoms with van der Waals surface area (Å²) in [6, 6.07) is 16.8. The Morgan fingerprint density at radius 1 is 1.19 bits per heavy atom. The highest BCUT2D eigenvalue weighted by atomic mass is 79.9. The van der Waals surface area contributed by atoms with Crippen molar-refractivity contribution in [2.75, 3.05) is 13.2 Å². The van der Waals surface area contributed by atoms with Gasteiger partial charge in [0.25, 0.3) is 0 Å². The van der Waals surface area contributed by atoms with Gasteiger partial charge >= 0.3 is 0 Å². The van der Waals surface area contributed by atoms with Crippen molar-refractivity contribution in [1.29, 1.82) is 0 Å². The Bertz CT molecular complexity index is 1130. The average molecular weight is 511 g/mol. The molecule has 1 aromatic carbocycles. The van der Waals surface area contributed by atoms with Gasteiger partial charge in [0.15, 0.2) is 5.11 Å². The minimum atomic E-state index is -0.0124. The number of aromatic nitrogens is 2. The van der Waals surface area contributed by atoms with E-state index < -0.39 is 0 Å². The fraction of sp³-hybridized carbons (Fsp3) is 0.360. The summed E-state index contributed by atoms with van der Waals surface area (Å²) >= 11 is 9.46. The molecular weight excluding hydrogens is 484 g/mol. The van der Waals surface area contributed by atoms with Crippen LogP contribution in [-0.2, 0) is 4.74 Å². The average Bonchev–Trinajstić information content (AvgIpc) is 3.48. The molecule has 0 bridgehead atoms. The monoisotopic (exact) mass is 510 g/mol. The Balaban J connectivity index is 1.59. The molecule has 2 aromatic heterocycles. The summed E-state index contributed by atoms with van der Waals surface area (Å²) in [4.78, 5) is 6.99. The van der Waals surface area contributed by atoms with Crippen LogP contribution in [0.3, 0.4) is 0 Å². The summed E-state index contributed by atoms with van der Waals surface area (Å²) in [6.45, 7) is 5.99. The van der Waals surface area contributed by atoms with Gasteiger partial charge in [0.2, 0.25) is 0 Å². The van der Waals surface area contributed by atoms with Gasteiger partial charge in [-0.25, -0.2) is 0 Å². The fourth-order valence-corrected chi connectivity index (χ4v) is 5.75. The number of benzene rings is 1. The van der Waals surface area contributed by atoms with Gasteiger partial charge in [-0.3, -0.25) is 4.98 Å². The smallest absolute Gasteiger partial charge is 0.170 e. The number of nitrogens with one attached hydrogen (secondary N) is 1. The van der Waals surface area contributed by atoms with Crippen LogP contribution in [0, 0.1) is 13.8 Å². The molecule has 2 aliphatic heterocycles. The van der Waals surface area contributed by atoms with E-state index in [2.05, 4.69) is 85.9 Å². The van der Waals surface area contributed by atoms with E-state index >= 15 is 0 Å². The van der Waals surface area contributed by atoms with Crippen LogP contribution in [0.25, 0.3) is 5.69 Å². The summed E-state index contributed by atoms with van der Waals surface area (Å²) in [5.74, 6) is 0. The second-order valence-electron chi connectivity index (χ2n) is 8.56. The number of aryl methyl sites for hydroxylation is 1. The third-order valence-corrected chi connectivity index (χ3v) is 7.32. The molecule has 0 amide bonds. The summed E-state index contributed by atoms with van der Waals surface area (Å²) in [7, 11) is 0. The molecule has 4 heterocycles. The molecule has 5 nitrogen and oxygen atoms in total. The zero-order chi connectivity index (χ0) is 22.2. The predicted molar refractivity (Wildman–Crippen MR) is 134 cm³/mol. The number of nitrogens with zero attached hydrogens (tertiary/aromatic N) is 3. The van der Waals surface area contributed by atoms with E-state index in [1.165, 1.54) is 17.0 Å². The number of halogens is 1. The lowest BCUT2D eigenvalue weighted by Crippen LogP contribution is -2.36. The highest BCUT2D eigenvalue weighted by Crippen LogP contribution is 2.42. The molecule has 0 unspecified atom stereocenters. The van der Waals surface area contributed by atoms with Gasteiger partial charge < -0.3 is 19.5 Å². The van der Waals surface area contributed by atoms with Crippen LogP contribution >= 0.6 is 28.1 Å². The van der Waals surface area contributed by atoms with Gasteiger partial charge in [-0.05, 0) is 80.9 Å². The van der Waals surface area contributed by atoms with Crippen LogP contribution in [0.2, 0.25) is 0 Å². The van der Waals surface area contributed by atoms with Crippen molar-refractivity contribution in [3.63, 3.8) is 0 Å². The zero-order valence-electron chi connectivity index (χ0n) is 18.3. The van der Waals surface area contributed by atoms with Gasteiger partial charge in [0.1, 0.15) is 0 Å². The summed E-state index contributed by atoms with van der Waals surface area (Å²) in [5.41, 5.74) is 5.83. The molecule has 1 N–H and O–H groups in total. The van der Waals surface area contributed by atoms with Crippen LogP contribution in [0.1, 0.15) is 47.6 Å². The maximum atomic E-state index is 5.97. The van der Waals surface area contributed by atoms with Crippen molar-refractivity contribution in [3.8, 4) is 5.69 Å². The molecule has 5 rings (SSSR count). The van der Waals surface area contributed by atoms with E-state index in [1.807, 2.05) is 18.3 Å². The molecule has 3 atom stereocenters. The fourth-order valence-electron chi connectivity index (χ4n) is 5.05. The molecule has 2 saturated heterocycles. The second kappa shape index (κ2) is 8.96. The number of pyridine rings is 1. The Labute approximate surface area is 202 Å². The van der Waals surface area contributed by atoms with Crippen molar-refractivity contribution in [2.45, 2.75) is 44.9 Å². The standard InChI is InChI=1S/C25H27BrN4OS/c1-16-13-21(17(2)30(16)19-8-5-7-18(26)14-19)24-23(22-10-3-4-11-27-22)28-25(32)29(24)15-20-9-6-12-31-20/h3-5,7-8,10-11,13-14,20,23-24H,6,9,12,15H2,1-2H3,(H,28,32)/t20-,23+,24-/m0/s1. The van der Waals surface area contributed by atoms with Crippen molar-refractivity contribution in [3.05, 3.63) is 81.8 Å². The first-order valence-corrected chi connectivity index (χ1v) is 12.3. The van der Waals surface area contributed by atoms with Crippen molar-refractivity contribution in [1.82, 2.24) is 19.8 Å². The first kappa shape index (κ1) is 21.6. The molecule has 0 aliphatic carbocycles. The normalized spacial score (nSPS) is 23.0. The first-order chi connectivity index (χ1) is 15.5. The van der Waals surface area contributed by atoms with Crippen LogP contribution in [0.5, 0.6) is 0 Å². The Morgan fingerprint density at radius 2 is 2.06 bits per heavy atom. The lowest BCUT2D eigenvalue weighted by molar-refractivity contribution is 0.0842. The maximum absolute atomic E-state index is 5.97. The van der Waals surface area contributed by atoms with Crippen molar-refractivity contribution >= 4 is 33.3 Å². The van der Waals surface area contributed by atoms with Crippen LogP contribution in [0.4, 0.5) is 0 Å². The number of rotatable bonds is 5. The van der Waals surface area contributed by atoms with Gasteiger partial charge in [-0.2, -0.15) is 0 Å². The van der Waals surface area contributed by atoms with Crippen LogP contribution in [-0.4, -0.2) is 38.8 Å². The number of thiocarbonyl (C=S) groups is 1. The molecule has 32 heavy (non-hydrogen) atoms. The quantitative estimate of drug-likeness (QED) is 0.465. The Morgan fingerprint density at radius 3 is 2.78 bits per heavy atom. The molecule has 0 spiro atoms. The maximum Gasteiger partial charge on any atom is 0.170 e. The summed E-state index contributed by atoms with van der Waals surface area (Å²) in [5, 5.41) is 4.34. The topological polar surface area (TPSA) is 42.3 Å². The van der Waals surface area contributed by atoms with Crippen LogP contribution < -0.4 is 5.32 Å². The largest absolute Gasteiger partial charge is 0.376 e. The van der Waals surface area contributed by atoms with E-state index in [0.717, 1.165) is 47.0 Å². The molecule has 166 valence electrons. The highest BCUT2D eigenvalue weighted by Gasteiger charge is 2.42. The van der Waals surface area contributed by atoms with Crippen LogP contribution in [0.15, 0.2) is 59.2 Å². The molecular formula is C25H27BrN4OS. The molecule has 2 fully saturated rings. The lowest BCUT2D eigenvalue weighted by atomic mass is 9.96. The molecule has 7 heteroatoms. The third kappa shape index (κ3) is 3.98. The minimum absolute atomic E-state index is 0.0124. The summed E-state index contributed by atoms with van der Waals surface area (Å²) < 4.78 is 9.36. The molecule has 0 radical (unpaired) electrons. The summed E-state index contributed by atoms with van der Waals surface area (Å²) in [6.07, 6.45) is 4.26. The predicted octanol–water partition coefficient (Wildman–Crippen LogP) is 5.40. The molecule has 3 aromatic rings. The minimum Gasteiger partial charge on any atom is -0.376 e. The van der Waals surface area contributed by atoms with E-state index in [4.69, 9.17) is 17.0 Å². The lowest BCUT2D eigenvalue weighted by Gasteiger charge is -2.30. The van der Waals surface area contributed by atoms with Gasteiger partial charge in [-0.15, -0.1) is 0 Å². The van der Waals surface area contributed by atoms with Gasteiger partial charge in [0, 0.05) is 40.9 Å². The van der Waals surface area contributed by atoms with Gasteiger partial charge in [0.05, 0.1) is 23.9 Å². The van der Waals surface area contributed by atoms with Crippen molar-refractivity contribution < 1.29 is 4.74 Å². The molecule has 0 saturated carbocycles. The van der Waals surface area contributed by atoms with E-state index in [1.54, 1.807) is 0 Å². The third-order valence-electron chi connectivity index (χ3n) is 6.48. The number of hydrogen-bond acceptors (Lipinski definition) is 3. The second-order valence-corrected chi connectivity index (χ2v) is 9.86. The zero-order valence-corrected chi connectivity index (χ0v) is 20.7. The van der Waals surface area contributed by atoms with E-state index in [0.29, 0.717) is 0 Å². The first-order valence-electron chi connectivity index (χ1n) is 11.1. The number of ether oxygens (including phenoxy) is 1. The number of hydrogen-bond donors (Lipinski definition) is 1. The van der Waals surface area contributed by atoms with E-state index in [-0.39, 0.29) is 18.2 Å². The highest BCUT2D eigenvalue weighted by molar-refractivity contribution is 9.10. The Hall–Kier alpha value is -2.22. The Kier molecular flexibility index (Phi) is 6.05. The SMILES string of the molecule is Cc1cc([C@H]2[C@@H](c3ccccn3)NC(=S)N2C[C@@H]2CCCO2)c(C)n1-c1cccc(Br)c1.